The third kappa shape index (κ3) is 3.74. The normalized spacial score (nSPS) is 22.2. The zero-order chi connectivity index (χ0) is 11.3. The van der Waals surface area contributed by atoms with E-state index in [0.717, 1.165) is 12.6 Å². The predicted octanol–water partition coefficient (Wildman–Crippen LogP) is 1.01. The standard InChI is InChI=1S/C12H27N3/c1-5-15-8-6-12(7-9-15)14(4)11(2)10-13-3/h11-13H,5-10H2,1-4H3. The van der Waals surface area contributed by atoms with Crippen LogP contribution in [0.25, 0.3) is 0 Å². The molecule has 90 valence electrons. The molecule has 1 atom stereocenters. The van der Waals surface area contributed by atoms with E-state index in [-0.39, 0.29) is 0 Å². The van der Waals surface area contributed by atoms with Gasteiger partial charge >= 0.3 is 0 Å². The Morgan fingerprint density at radius 1 is 1.40 bits per heavy atom. The number of hydrogen-bond acceptors (Lipinski definition) is 3. The molecule has 0 aromatic heterocycles. The maximum atomic E-state index is 3.26. The van der Waals surface area contributed by atoms with Crippen molar-refractivity contribution in [2.75, 3.05) is 40.3 Å². The van der Waals surface area contributed by atoms with Crippen LogP contribution in [0, 0.1) is 0 Å². The smallest absolute Gasteiger partial charge is 0.0192 e. The predicted molar refractivity (Wildman–Crippen MR) is 66.3 cm³/mol. The van der Waals surface area contributed by atoms with E-state index in [2.05, 4.69) is 36.0 Å². The van der Waals surface area contributed by atoms with Crippen molar-refractivity contribution in [3.63, 3.8) is 0 Å². The summed E-state index contributed by atoms with van der Waals surface area (Å²) in [5.74, 6) is 0. The van der Waals surface area contributed by atoms with E-state index in [1.54, 1.807) is 0 Å². The zero-order valence-corrected chi connectivity index (χ0v) is 10.8. The summed E-state index contributed by atoms with van der Waals surface area (Å²) in [6.07, 6.45) is 2.66. The van der Waals surface area contributed by atoms with Crippen LogP contribution in [0.15, 0.2) is 0 Å². The highest BCUT2D eigenvalue weighted by Gasteiger charge is 2.23. The van der Waals surface area contributed by atoms with Gasteiger partial charge in [-0.1, -0.05) is 6.92 Å². The van der Waals surface area contributed by atoms with Crippen LogP contribution < -0.4 is 5.32 Å². The van der Waals surface area contributed by atoms with Crippen LogP contribution in [0.2, 0.25) is 0 Å². The van der Waals surface area contributed by atoms with Crippen LogP contribution in [-0.4, -0.2) is 62.2 Å². The van der Waals surface area contributed by atoms with Crippen molar-refractivity contribution in [3.05, 3.63) is 0 Å². The lowest BCUT2D eigenvalue weighted by molar-refractivity contribution is 0.104. The molecule has 0 bridgehead atoms. The summed E-state index contributed by atoms with van der Waals surface area (Å²) in [6, 6.07) is 1.43. The molecule has 1 N–H and O–H groups in total. The summed E-state index contributed by atoms with van der Waals surface area (Å²) in [7, 11) is 4.30. The van der Waals surface area contributed by atoms with E-state index >= 15 is 0 Å². The highest BCUT2D eigenvalue weighted by Crippen LogP contribution is 2.16. The number of piperidine rings is 1. The topological polar surface area (TPSA) is 18.5 Å². The average molecular weight is 213 g/mol. The number of likely N-dealkylation sites (N-methyl/N-ethyl adjacent to an activating group) is 2. The molecule has 0 amide bonds. The van der Waals surface area contributed by atoms with Crippen molar-refractivity contribution in [2.24, 2.45) is 0 Å². The minimum atomic E-state index is 0.646. The Bertz CT molecular complexity index is 164. The fourth-order valence-electron chi connectivity index (χ4n) is 2.44. The molecule has 1 fully saturated rings. The second-order valence-electron chi connectivity index (χ2n) is 4.74. The lowest BCUT2D eigenvalue weighted by Crippen LogP contribution is -2.48. The van der Waals surface area contributed by atoms with Gasteiger partial charge in [0, 0.05) is 18.6 Å². The van der Waals surface area contributed by atoms with Crippen LogP contribution in [0.3, 0.4) is 0 Å². The van der Waals surface area contributed by atoms with Crippen LogP contribution in [0.5, 0.6) is 0 Å². The molecule has 1 unspecified atom stereocenters. The molecule has 3 heteroatoms. The number of hydrogen-bond donors (Lipinski definition) is 1. The fraction of sp³-hybridized carbons (Fsp3) is 1.00. The zero-order valence-electron chi connectivity index (χ0n) is 10.8. The Morgan fingerprint density at radius 3 is 2.47 bits per heavy atom. The molecule has 0 spiro atoms. The Balaban J connectivity index is 2.32. The molecule has 1 aliphatic heterocycles. The van der Waals surface area contributed by atoms with E-state index in [1.807, 2.05) is 7.05 Å². The first-order chi connectivity index (χ1) is 7.19. The maximum absolute atomic E-state index is 3.26. The van der Waals surface area contributed by atoms with Gasteiger partial charge < -0.3 is 10.2 Å². The van der Waals surface area contributed by atoms with E-state index in [0.29, 0.717) is 6.04 Å². The second kappa shape index (κ2) is 6.46. The summed E-state index contributed by atoms with van der Waals surface area (Å²) in [5.41, 5.74) is 0. The van der Waals surface area contributed by atoms with Crippen LogP contribution in [-0.2, 0) is 0 Å². The molecule has 0 aliphatic carbocycles. The lowest BCUT2D eigenvalue weighted by atomic mass is 10.0. The Morgan fingerprint density at radius 2 is 2.00 bits per heavy atom. The summed E-state index contributed by atoms with van der Waals surface area (Å²) in [6.45, 7) is 9.42. The highest BCUT2D eigenvalue weighted by atomic mass is 15.2. The number of rotatable bonds is 5. The molecule has 15 heavy (non-hydrogen) atoms. The Kier molecular flexibility index (Phi) is 5.58. The first-order valence-corrected chi connectivity index (χ1v) is 6.28. The Hall–Kier alpha value is -0.120. The van der Waals surface area contributed by atoms with Gasteiger partial charge in [-0.25, -0.2) is 0 Å². The van der Waals surface area contributed by atoms with E-state index in [1.165, 1.54) is 32.5 Å². The average Bonchev–Trinajstić information content (AvgIpc) is 2.28. The van der Waals surface area contributed by atoms with Gasteiger partial charge in [0.1, 0.15) is 0 Å². The largest absolute Gasteiger partial charge is 0.318 e. The third-order valence-electron chi connectivity index (χ3n) is 3.78. The number of likely N-dealkylation sites (tertiary alicyclic amines) is 1. The Labute approximate surface area is 94.8 Å². The molecule has 0 saturated carbocycles. The van der Waals surface area contributed by atoms with Crippen LogP contribution in [0.1, 0.15) is 26.7 Å². The summed E-state index contributed by atoms with van der Waals surface area (Å²) >= 11 is 0. The van der Waals surface area contributed by atoms with Crippen molar-refractivity contribution in [1.82, 2.24) is 15.1 Å². The monoisotopic (exact) mass is 213 g/mol. The van der Waals surface area contributed by atoms with Gasteiger partial charge in [0.2, 0.25) is 0 Å². The summed E-state index contributed by atoms with van der Waals surface area (Å²) in [4.78, 5) is 5.09. The van der Waals surface area contributed by atoms with Gasteiger partial charge in [0.25, 0.3) is 0 Å². The van der Waals surface area contributed by atoms with Gasteiger partial charge in [-0.15, -0.1) is 0 Å². The minimum absolute atomic E-state index is 0.646. The quantitative estimate of drug-likeness (QED) is 0.735. The molecular weight excluding hydrogens is 186 g/mol. The van der Waals surface area contributed by atoms with Crippen molar-refractivity contribution >= 4 is 0 Å². The van der Waals surface area contributed by atoms with Crippen molar-refractivity contribution in [2.45, 2.75) is 38.8 Å². The van der Waals surface area contributed by atoms with Crippen molar-refractivity contribution in [1.29, 1.82) is 0 Å². The minimum Gasteiger partial charge on any atom is -0.318 e. The molecule has 1 heterocycles. The van der Waals surface area contributed by atoms with Crippen LogP contribution >= 0.6 is 0 Å². The van der Waals surface area contributed by atoms with Gasteiger partial charge in [0.05, 0.1) is 0 Å². The van der Waals surface area contributed by atoms with Gasteiger partial charge in [-0.3, -0.25) is 4.90 Å². The molecule has 0 aromatic rings. The fourth-order valence-corrected chi connectivity index (χ4v) is 2.44. The molecule has 0 radical (unpaired) electrons. The highest BCUT2D eigenvalue weighted by molar-refractivity contribution is 4.80. The van der Waals surface area contributed by atoms with E-state index < -0.39 is 0 Å². The molecule has 1 aliphatic rings. The molecule has 1 rings (SSSR count). The summed E-state index contributed by atoms with van der Waals surface area (Å²) < 4.78 is 0. The lowest BCUT2D eigenvalue weighted by Gasteiger charge is -2.39. The van der Waals surface area contributed by atoms with E-state index in [9.17, 15) is 0 Å². The number of nitrogens with one attached hydrogen (secondary N) is 1. The maximum Gasteiger partial charge on any atom is 0.0192 e. The first-order valence-electron chi connectivity index (χ1n) is 6.28. The van der Waals surface area contributed by atoms with Gasteiger partial charge in [-0.05, 0) is 53.5 Å². The SMILES string of the molecule is CCN1CCC(N(C)C(C)CNC)CC1. The van der Waals surface area contributed by atoms with Crippen molar-refractivity contribution in [3.8, 4) is 0 Å². The van der Waals surface area contributed by atoms with Crippen molar-refractivity contribution < 1.29 is 0 Å². The third-order valence-corrected chi connectivity index (χ3v) is 3.78. The van der Waals surface area contributed by atoms with E-state index in [4.69, 9.17) is 0 Å². The van der Waals surface area contributed by atoms with Gasteiger partial charge in [-0.2, -0.15) is 0 Å². The molecule has 1 saturated heterocycles. The van der Waals surface area contributed by atoms with Crippen LogP contribution in [0.4, 0.5) is 0 Å². The molecule has 0 aromatic carbocycles. The molecular formula is C12H27N3. The number of nitrogens with zero attached hydrogens (tertiary/aromatic N) is 2. The second-order valence-corrected chi connectivity index (χ2v) is 4.74. The summed E-state index contributed by atoms with van der Waals surface area (Å²) in [5, 5.41) is 3.26. The first kappa shape index (κ1) is 12.9. The molecule has 3 nitrogen and oxygen atoms in total. The van der Waals surface area contributed by atoms with Gasteiger partial charge in [0.15, 0.2) is 0 Å².